The lowest BCUT2D eigenvalue weighted by Crippen LogP contribution is -2.13. The van der Waals surface area contributed by atoms with E-state index in [4.69, 9.17) is 9.15 Å². The maximum atomic E-state index is 12.5. The minimum absolute atomic E-state index is 0.00773. The molecule has 0 aliphatic heterocycles. The maximum absolute atomic E-state index is 12.5. The monoisotopic (exact) mass is 334 g/mol. The van der Waals surface area contributed by atoms with Gasteiger partial charge in [-0.25, -0.2) is 13.2 Å². The van der Waals surface area contributed by atoms with Crippen LogP contribution >= 0.6 is 0 Å². The molecule has 0 aliphatic carbocycles. The first kappa shape index (κ1) is 15.2. The molecule has 23 heavy (non-hydrogen) atoms. The predicted molar refractivity (Wildman–Crippen MR) is 85.3 cm³/mol. The van der Waals surface area contributed by atoms with Crippen molar-refractivity contribution >= 4 is 26.8 Å². The Morgan fingerprint density at radius 3 is 2.78 bits per heavy atom. The molecule has 0 amide bonds. The molecule has 120 valence electrons. The standard InChI is InChI=1S/C15H14N2O5S/c1-2-21-13-6-4-3-5-11(13)17-23(19,20)10-7-8-14-12(9-10)16-15(18)22-14/h3-9,17H,2H2,1H3,(H,16,18). The summed E-state index contributed by atoms with van der Waals surface area (Å²) in [7, 11) is -3.83. The average molecular weight is 334 g/mol. The molecule has 0 spiro atoms. The summed E-state index contributed by atoms with van der Waals surface area (Å²) < 4.78 is 37.8. The Kier molecular flexibility index (Phi) is 3.83. The second kappa shape index (κ2) is 5.81. The lowest BCUT2D eigenvalue weighted by molar-refractivity contribution is 0.342. The normalized spacial score (nSPS) is 11.5. The number of sulfonamides is 1. The molecule has 0 radical (unpaired) electrons. The highest BCUT2D eigenvalue weighted by atomic mass is 32.2. The van der Waals surface area contributed by atoms with Crippen LogP contribution in [0.3, 0.4) is 0 Å². The summed E-state index contributed by atoms with van der Waals surface area (Å²) in [6, 6.07) is 10.9. The number of H-pyrrole nitrogens is 1. The number of rotatable bonds is 5. The number of para-hydroxylation sites is 2. The molecule has 0 aliphatic rings. The van der Waals surface area contributed by atoms with Crippen molar-refractivity contribution in [2.24, 2.45) is 0 Å². The van der Waals surface area contributed by atoms with Crippen LogP contribution in [0.15, 0.2) is 56.6 Å². The van der Waals surface area contributed by atoms with E-state index in [1.807, 2.05) is 6.92 Å². The smallest absolute Gasteiger partial charge is 0.417 e. The van der Waals surface area contributed by atoms with Crippen molar-refractivity contribution in [1.29, 1.82) is 0 Å². The Morgan fingerprint density at radius 1 is 1.22 bits per heavy atom. The molecule has 1 aromatic heterocycles. The van der Waals surface area contributed by atoms with E-state index in [-0.39, 0.29) is 4.90 Å². The van der Waals surface area contributed by atoms with E-state index in [9.17, 15) is 13.2 Å². The lowest BCUT2D eigenvalue weighted by Gasteiger charge is -2.12. The zero-order chi connectivity index (χ0) is 16.4. The van der Waals surface area contributed by atoms with Gasteiger partial charge in [0.2, 0.25) is 0 Å². The van der Waals surface area contributed by atoms with Crippen LogP contribution in [0.4, 0.5) is 5.69 Å². The number of hydrogen-bond acceptors (Lipinski definition) is 5. The molecule has 3 rings (SSSR count). The molecule has 0 saturated heterocycles. The van der Waals surface area contributed by atoms with Crippen LogP contribution in [0.2, 0.25) is 0 Å². The van der Waals surface area contributed by atoms with Crippen molar-refractivity contribution in [3.63, 3.8) is 0 Å². The van der Waals surface area contributed by atoms with Gasteiger partial charge in [0.05, 0.1) is 22.7 Å². The number of benzene rings is 2. The van der Waals surface area contributed by atoms with Crippen molar-refractivity contribution in [1.82, 2.24) is 4.98 Å². The largest absolute Gasteiger partial charge is 0.492 e. The Morgan fingerprint density at radius 2 is 2.00 bits per heavy atom. The van der Waals surface area contributed by atoms with Gasteiger partial charge in [0, 0.05) is 0 Å². The van der Waals surface area contributed by atoms with Gasteiger partial charge in [0.25, 0.3) is 10.0 Å². The van der Waals surface area contributed by atoms with Crippen molar-refractivity contribution in [3.8, 4) is 5.75 Å². The maximum Gasteiger partial charge on any atom is 0.417 e. The van der Waals surface area contributed by atoms with E-state index in [1.54, 1.807) is 24.3 Å². The fraction of sp³-hybridized carbons (Fsp3) is 0.133. The summed E-state index contributed by atoms with van der Waals surface area (Å²) in [4.78, 5) is 13.6. The summed E-state index contributed by atoms with van der Waals surface area (Å²) in [5, 5.41) is 0. The van der Waals surface area contributed by atoms with Gasteiger partial charge in [0.15, 0.2) is 5.58 Å². The second-order valence-corrected chi connectivity index (χ2v) is 6.39. The molecule has 2 N–H and O–H groups in total. The van der Waals surface area contributed by atoms with Gasteiger partial charge in [-0.2, -0.15) is 0 Å². The number of aromatic amines is 1. The molecular weight excluding hydrogens is 320 g/mol. The zero-order valence-corrected chi connectivity index (χ0v) is 13.0. The van der Waals surface area contributed by atoms with Gasteiger partial charge in [-0.15, -0.1) is 0 Å². The number of oxazole rings is 1. The van der Waals surface area contributed by atoms with Gasteiger partial charge in [-0.3, -0.25) is 9.71 Å². The molecule has 8 heteroatoms. The minimum atomic E-state index is -3.83. The van der Waals surface area contributed by atoms with E-state index in [2.05, 4.69) is 9.71 Å². The van der Waals surface area contributed by atoms with Crippen LogP contribution in [0, 0.1) is 0 Å². The van der Waals surface area contributed by atoms with Gasteiger partial charge < -0.3 is 9.15 Å². The summed E-state index contributed by atoms with van der Waals surface area (Å²) in [6.07, 6.45) is 0. The topological polar surface area (TPSA) is 101 Å². The number of aromatic nitrogens is 1. The van der Waals surface area contributed by atoms with Gasteiger partial charge in [-0.1, -0.05) is 12.1 Å². The third-order valence-electron chi connectivity index (χ3n) is 3.13. The summed E-state index contributed by atoms with van der Waals surface area (Å²) in [5.41, 5.74) is 0.953. The fourth-order valence-electron chi connectivity index (χ4n) is 2.13. The molecular formula is C15H14N2O5S. The quantitative estimate of drug-likeness (QED) is 0.745. The average Bonchev–Trinajstić information content (AvgIpc) is 2.88. The SMILES string of the molecule is CCOc1ccccc1NS(=O)(=O)c1ccc2oc(=O)[nH]c2c1. The van der Waals surface area contributed by atoms with E-state index in [0.717, 1.165) is 0 Å². The summed E-state index contributed by atoms with van der Waals surface area (Å²) >= 11 is 0. The van der Waals surface area contributed by atoms with E-state index >= 15 is 0 Å². The fourth-order valence-corrected chi connectivity index (χ4v) is 3.23. The van der Waals surface area contributed by atoms with Crippen LogP contribution in [0.1, 0.15) is 6.92 Å². The Labute approximate surface area is 131 Å². The van der Waals surface area contributed by atoms with E-state index < -0.39 is 15.8 Å². The first-order valence-corrected chi connectivity index (χ1v) is 8.35. The molecule has 0 fully saturated rings. The molecule has 2 aromatic carbocycles. The molecule has 1 heterocycles. The van der Waals surface area contributed by atoms with E-state index in [1.165, 1.54) is 18.2 Å². The van der Waals surface area contributed by atoms with Gasteiger partial charge in [0.1, 0.15) is 5.75 Å². The molecule has 3 aromatic rings. The number of anilines is 1. The number of fused-ring (bicyclic) bond motifs is 1. The van der Waals surface area contributed by atoms with Gasteiger partial charge in [-0.05, 0) is 37.3 Å². The molecule has 0 bridgehead atoms. The predicted octanol–water partition coefficient (Wildman–Crippen LogP) is 2.32. The second-order valence-electron chi connectivity index (χ2n) is 4.71. The number of hydrogen-bond donors (Lipinski definition) is 2. The highest BCUT2D eigenvalue weighted by Gasteiger charge is 2.17. The molecule has 0 saturated carbocycles. The number of nitrogens with one attached hydrogen (secondary N) is 2. The summed E-state index contributed by atoms with van der Waals surface area (Å²) in [6.45, 7) is 2.23. The van der Waals surface area contributed by atoms with Crippen molar-refractivity contribution in [2.45, 2.75) is 11.8 Å². The Balaban J connectivity index is 1.98. The minimum Gasteiger partial charge on any atom is -0.492 e. The third-order valence-corrected chi connectivity index (χ3v) is 4.50. The van der Waals surface area contributed by atoms with Gasteiger partial charge >= 0.3 is 5.76 Å². The molecule has 0 atom stereocenters. The lowest BCUT2D eigenvalue weighted by atomic mass is 10.3. The molecule has 7 nitrogen and oxygen atoms in total. The van der Waals surface area contributed by atoms with Crippen molar-refractivity contribution in [3.05, 3.63) is 53.0 Å². The Hall–Kier alpha value is -2.74. The third kappa shape index (κ3) is 3.07. The van der Waals surface area contributed by atoms with E-state index in [0.29, 0.717) is 29.1 Å². The highest BCUT2D eigenvalue weighted by Crippen LogP contribution is 2.27. The van der Waals surface area contributed by atoms with Crippen LogP contribution in [0.5, 0.6) is 5.75 Å². The van der Waals surface area contributed by atoms with Crippen LogP contribution in [-0.4, -0.2) is 20.0 Å². The first-order valence-electron chi connectivity index (χ1n) is 6.87. The summed E-state index contributed by atoms with van der Waals surface area (Å²) in [5.74, 6) is -0.194. The number of ether oxygens (including phenoxy) is 1. The highest BCUT2D eigenvalue weighted by molar-refractivity contribution is 7.92. The Bertz CT molecular complexity index is 1000. The van der Waals surface area contributed by atoms with Crippen molar-refractivity contribution in [2.75, 3.05) is 11.3 Å². The molecule has 0 unspecified atom stereocenters. The van der Waals surface area contributed by atoms with Crippen molar-refractivity contribution < 1.29 is 17.6 Å². The van der Waals surface area contributed by atoms with Crippen LogP contribution < -0.4 is 15.2 Å². The zero-order valence-electron chi connectivity index (χ0n) is 12.2. The van der Waals surface area contributed by atoms with Crippen LogP contribution in [0.25, 0.3) is 11.1 Å². The first-order chi connectivity index (χ1) is 11.0. The van der Waals surface area contributed by atoms with Crippen LogP contribution in [-0.2, 0) is 10.0 Å².